The van der Waals surface area contributed by atoms with Gasteiger partial charge in [-0.1, -0.05) is 12.1 Å². The van der Waals surface area contributed by atoms with Crippen molar-refractivity contribution in [3.63, 3.8) is 0 Å². The standard InChI is InChI=1S/C20H22N2O6/c1-12-20(2,17(24)11-28-12)22-18(25)15(10-13-5-7-14(23)8-6-13)21-19(26)16-4-3-9-27-16/h3-9,12,15,23H,10-11H2,1-2H3,(H,21,26)(H,22,25). The second kappa shape index (κ2) is 7.85. The number of rotatable bonds is 6. The van der Waals surface area contributed by atoms with Crippen LogP contribution in [0.25, 0.3) is 0 Å². The van der Waals surface area contributed by atoms with Crippen molar-refractivity contribution in [2.45, 2.75) is 38.0 Å². The molecule has 1 aliphatic heterocycles. The van der Waals surface area contributed by atoms with Crippen molar-refractivity contribution in [3.05, 3.63) is 54.0 Å². The van der Waals surface area contributed by atoms with Crippen LogP contribution in [0.3, 0.4) is 0 Å². The number of hydrogen-bond acceptors (Lipinski definition) is 6. The van der Waals surface area contributed by atoms with Crippen LogP contribution < -0.4 is 10.6 Å². The predicted molar refractivity (Wildman–Crippen MR) is 98.7 cm³/mol. The highest BCUT2D eigenvalue weighted by Gasteiger charge is 2.47. The zero-order valence-electron chi connectivity index (χ0n) is 15.6. The van der Waals surface area contributed by atoms with E-state index in [1.165, 1.54) is 24.5 Å². The van der Waals surface area contributed by atoms with Crippen LogP contribution in [0.2, 0.25) is 0 Å². The van der Waals surface area contributed by atoms with Gasteiger partial charge >= 0.3 is 0 Å². The lowest BCUT2D eigenvalue weighted by molar-refractivity contribution is -0.130. The molecule has 28 heavy (non-hydrogen) atoms. The van der Waals surface area contributed by atoms with Gasteiger partial charge in [-0.2, -0.15) is 0 Å². The molecule has 8 heteroatoms. The Kier molecular flexibility index (Phi) is 5.51. The van der Waals surface area contributed by atoms with Gasteiger partial charge in [-0.15, -0.1) is 0 Å². The number of Topliss-reactive ketones (excluding diaryl/α,β-unsaturated/α-hetero) is 1. The molecule has 148 valence electrons. The van der Waals surface area contributed by atoms with E-state index in [0.29, 0.717) is 0 Å². The fraction of sp³-hybridized carbons (Fsp3) is 0.350. The molecule has 0 radical (unpaired) electrons. The minimum absolute atomic E-state index is 0.0701. The Labute approximate surface area is 161 Å². The molecule has 1 aliphatic rings. The lowest BCUT2D eigenvalue weighted by Crippen LogP contribution is -2.60. The number of hydrogen-bond donors (Lipinski definition) is 3. The van der Waals surface area contributed by atoms with E-state index in [0.717, 1.165) is 5.56 Å². The summed E-state index contributed by atoms with van der Waals surface area (Å²) in [6.07, 6.45) is 1.04. The molecule has 3 atom stereocenters. The summed E-state index contributed by atoms with van der Waals surface area (Å²) in [7, 11) is 0. The number of phenols is 1. The predicted octanol–water partition coefficient (Wildman–Crippen LogP) is 1.19. The average molecular weight is 386 g/mol. The third kappa shape index (κ3) is 4.07. The fourth-order valence-corrected chi connectivity index (χ4v) is 2.97. The van der Waals surface area contributed by atoms with Gasteiger partial charge in [-0.3, -0.25) is 14.4 Å². The maximum Gasteiger partial charge on any atom is 0.287 e. The highest BCUT2D eigenvalue weighted by Crippen LogP contribution is 2.22. The summed E-state index contributed by atoms with van der Waals surface area (Å²) >= 11 is 0. The summed E-state index contributed by atoms with van der Waals surface area (Å²) in [5, 5.41) is 14.8. The molecule has 2 heterocycles. The Morgan fingerprint density at radius 2 is 2.00 bits per heavy atom. The molecular weight excluding hydrogens is 364 g/mol. The summed E-state index contributed by atoms with van der Waals surface area (Å²) in [5.41, 5.74) is -0.440. The van der Waals surface area contributed by atoms with Crippen molar-refractivity contribution in [1.29, 1.82) is 0 Å². The first kappa shape index (κ1) is 19.6. The molecule has 0 bridgehead atoms. The summed E-state index contributed by atoms with van der Waals surface area (Å²) < 4.78 is 10.4. The third-order valence-corrected chi connectivity index (χ3v) is 4.98. The highest BCUT2D eigenvalue weighted by atomic mass is 16.5. The van der Waals surface area contributed by atoms with E-state index < -0.39 is 29.5 Å². The Balaban J connectivity index is 1.80. The SMILES string of the molecule is CC1OCC(=O)C1(C)NC(=O)C(Cc1ccc(O)cc1)NC(=O)c1ccco1. The number of nitrogens with one attached hydrogen (secondary N) is 2. The molecule has 0 aliphatic carbocycles. The lowest BCUT2D eigenvalue weighted by Gasteiger charge is -2.29. The quantitative estimate of drug-likeness (QED) is 0.686. The maximum absolute atomic E-state index is 13.0. The number of ketones is 1. The smallest absolute Gasteiger partial charge is 0.287 e. The summed E-state index contributed by atoms with van der Waals surface area (Å²) in [5.74, 6) is -1.12. The molecule has 0 spiro atoms. The average Bonchev–Trinajstić information content (AvgIpc) is 3.28. The Morgan fingerprint density at radius 1 is 1.29 bits per heavy atom. The number of carbonyl (C=O) groups excluding carboxylic acids is 3. The molecule has 1 saturated heterocycles. The molecule has 2 aromatic rings. The lowest BCUT2D eigenvalue weighted by atomic mass is 9.92. The monoisotopic (exact) mass is 386 g/mol. The fourth-order valence-electron chi connectivity index (χ4n) is 2.97. The van der Waals surface area contributed by atoms with Crippen LogP contribution in [-0.4, -0.2) is 47.0 Å². The highest BCUT2D eigenvalue weighted by molar-refractivity contribution is 5.99. The molecule has 3 rings (SSSR count). The minimum Gasteiger partial charge on any atom is -0.508 e. The Bertz CT molecular complexity index is 861. The van der Waals surface area contributed by atoms with Crippen LogP contribution in [0.4, 0.5) is 0 Å². The first-order valence-electron chi connectivity index (χ1n) is 8.89. The van der Waals surface area contributed by atoms with E-state index in [1.54, 1.807) is 32.0 Å². The second-order valence-corrected chi connectivity index (χ2v) is 6.94. The normalized spacial score (nSPS) is 22.6. The summed E-state index contributed by atoms with van der Waals surface area (Å²) in [6, 6.07) is 8.40. The van der Waals surface area contributed by atoms with E-state index in [1.807, 2.05) is 0 Å². The molecule has 8 nitrogen and oxygen atoms in total. The zero-order chi connectivity index (χ0) is 20.3. The Hall–Kier alpha value is -3.13. The van der Waals surface area contributed by atoms with Gasteiger partial charge in [0.2, 0.25) is 5.91 Å². The van der Waals surface area contributed by atoms with Crippen LogP contribution >= 0.6 is 0 Å². The topological polar surface area (TPSA) is 118 Å². The van der Waals surface area contributed by atoms with E-state index in [-0.39, 0.29) is 30.3 Å². The number of amides is 2. The van der Waals surface area contributed by atoms with Gasteiger partial charge in [0.05, 0.1) is 12.4 Å². The molecule has 1 fully saturated rings. The largest absolute Gasteiger partial charge is 0.508 e. The molecular formula is C20H22N2O6. The number of aromatic hydroxyl groups is 1. The van der Waals surface area contributed by atoms with Gasteiger partial charge in [-0.25, -0.2) is 0 Å². The summed E-state index contributed by atoms with van der Waals surface area (Å²) in [6.45, 7) is 3.25. The van der Waals surface area contributed by atoms with Gasteiger partial charge in [0.25, 0.3) is 5.91 Å². The molecule has 1 aromatic carbocycles. The molecule has 1 aromatic heterocycles. The van der Waals surface area contributed by atoms with Crippen molar-refractivity contribution >= 4 is 17.6 Å². The maximum atomic E-state index is 13.0. The number of furan rings is 1. The first-order valence-corrected chi connectivity index (χ1v) is 8.89. The van der Waals surface area contributed by atoms with Crippen LogP contribution in [-0.2, 0) is 20.7 Å². The number of ether oxygens (including phenoxy) is 1. The van der Waals surface area contributed by atoms with Gasteiger partial charge in [-0.05, 0) is 43.7 Å². The second-order valence-electron chi connectivity index (χ2n) is 6.94. The van der Waals surface area contributed by atoms with Crippen molar-refractivity contribution < 1.29 is 28.6 Å². The number of carbonyl (C=O) groups is 3. The van der Waals surface area contributed by atoms with Crippen molar-refractivity contribution in [3.8, 4) is 5.75 Å². The van der Waals surface area contributed by atoms with Gasteiger partial charge < -0.3 is 24.9 Å². The van der Waals surface area contributed by atoms with Gasteiger partial charge in [0.15, 0.2) is 11.5 Å². The first-order chi connectivity index (χ1) is 13.3. The van der Waals surface area contributed by atoms with Crippen LogP contribution in [0, 0.1) is 0 Å². The van der Waals surface area contributed by atoms with Crippen LogP contribution in [0.15, 0.2) is 47.1 Å². The molecule has 3 unspecified atom stereocenters. The zero-order valence-corrected chi connectivity index (χ0v) is 15.6. The van der Waals surface area contributed by atoms with E-state index in [2.05, 4.69) is 10.6 Å². The van der Waals surface area contributed by atoms with Gasteiger partial charge in [0, 0.05) is 6.42 Å². The number of phenolic OH excluding ortho intramolecular Hbond substituents is 1. The van der Waals surface area contributed by atoms with Crippen LogP contribution in [0.1, 0.15) is 30.0 Å². The van der Waals surface area contributed by atoms with Crippen molar-refractivity contribution in [1.82, 2.24) is 10.6 Å². The Morgan fingerprint density at radius 3 is 2.57 bits per heavy atom. The molecule has 2 amide bonds. The van der Waals surface area contributed by atoms with Gasteiger partial charge in [0.1, 0.15) is 23.9 Å². The van der Waals surface area contributed by atoms with E-state index in [4.69, 9.17) is 9.15 Å². The van der Waals surface area contributed by atoms with E-state index >= 15 is 0 Å². The summed E-state index contributed by atoms with van der Waals surface area (Å²) in [4.78, 5) is 37.6. The molecule has 3 N–H and O–H groups in total. The van der Waals surface area contributed by atoms with Crippen molar-refractivity contribution in [2.24, 2.45) is 0 Å². The molecule has 0 saturated carbocycles. The number of benzene rings is 1. The third-order valence-electron chi connectivity index (χ3n) is 4.98. The van der Waals surface area contributed by atoms with Crippen LogP contribution in [0.5, 0.6) is 5.75 Å². The van der Waals surface area contributed by atoms with E-state index in [9.17, 15) is 19.5 Å². The van der Waals surface area contributed by atoms with Crippen molar-refractivity contribution in [2.75, 3.05) is 6.61 Å². The minimum atomic E-state index is -1.17.